The van der Waals surface area contributed by atoms with Crippen LogP contribution < -0.4 is 29.1 Å². The van der Waals surface area contributed by atoms with Gasteiger partial charge in [0, 0.05) is 0 Å². The molecule has 0 radical (unpaired) electrons. The maximum absolute atomic E-state index is 13.9. The van der Waals surface area contributed by atoms with E-state index in [2.05, 4.69) is 25.8 Å². The summed E-state index contributed by atoms with van der Waals surface area (Å²) in [5, 5.41) is 0. The average molecular weight is 551 g/mol. The van der Waals surface area contributed by atoms with Crippen molar-refractivity contribution in [1.29, 1.82) is 0 Å². The van der Waals surface area contributed by atoms with Crippen LogP contribution in [-0.4, -0.2) is 38.5 Å². The number of esters is 1. The van der Waals surface area contributed by atoms with Gasteiger partial charge in [0.05, 0.1) is 49.8 Å². The minimum Gasteiger partial charge on any atom is -0.493 e. The van der Waals surface area contributed by atoms with Crippen molar-refractivity contribution < 1.29 is 23.7 Å². The summed E-state index contributed by atoms with van der Waals surface area (Å²) < 4.78 is 23.8. The number of nitrogens with zero attached hydrogens (tertiary/aromatic N) is 2. The highest BCUT2D eigenvalue weighted by Crippen LogP contribution is 2.38. The van der Waals surface area contributed by atoms with Crippen LogP contribution in [0.1, 0.15) is 57.4 Å². The van der Waals surface area contributed by atoms with Crippen LogP contribution in [0.3, 0.4) is 0 Å². The largest absolute Gasteiger partial charge is 0.493 e. The van der Waals surface area contributed by atoms with E-state index in [-0.39, 0.29) is 17.6 Å². The number of carbonyl (C=O) groups is 1. The quantitative estimate of drug-likeness (QED) is 0.411. The molecule has 2 heterocycles. The van der Waals surface area contributed by atoms with Gasteiger partial charge in [0.2, 0.25) is 5.75 Å². The number of methoxy groups -OCH3 is 3. The van der Waals surface area contributed by atoms with E-state index in [4.69, 9.17) is 18.9 Å². The van der Waals surface area contributed by atoms with Crippen LogP contribution in [0.15, 0.2) is 57.5 Å². The highest BCUT2D eigenvalue weighted by molar-refractivity contribution is 7.07. The van der Waals surface area contributed by atoms with Crippen molar-refractivity contribution in [3.8, 4) is 17.2 Å². The van der Waals surface area contributed by atoms with Gasteiger partial charge in [0.25, 0.3) is 5.56 Å². The van der Waals surface area contributed by atoms with Crippen molar-refractivity contribution in [1.82, 2.24) is 4.57 Å². The number of benzene rings is 2. The number of fused-ring (bicyclic) bond motifs is 1. The molecule has 0 bridgehead atoms. The molecule has 1 atom stereocenters. The number of rotatable bonds is 7. The molecule has 1 aliphatic heterocycles. The van der Waals surface area contributed by atoms with E-state index in [1.54, 1.807) is 50.8 Å². The molecule has 0 N–H and O–H groups in total. The van der Waals surface area contributed by atoms with Gasteiger partial charge < -0.3 is 18.9 Å². The predicted octanol–water partition coefficient (Wildman–Crippen LogP) is 4.12. The van der Waals surface area contributed by atoms with Gasteiger partial charge in [-0.05, 0) is 54.2 Å². The Hall–Kier alpha value is -3.85. The number of hydrogen-bond acceptors (Lipinski definition) is 8. The number of aromatic nitrogens is 1. The second kappa shape index (κ2) is 11.1. The normalized spacial score (nSPS) is 15.5. The monoisotopic (exact) mass is 550 g/mol. The van der Waals surface area contributed by atoms with Gasteiger partial charge in [-0.1, -0.05) is 56.4 Å². The Kier molecular flexibility index (Phi) is 8.02. The van der Waals surface area contributed by atoms with Gasteiger partial charge in [-0.3, -0.25) is 9.36 Å². The molecule has 39 heavy (non-hydrogen) atoms. The number of thiazole rings is 1. The lowest BCUT2D eigenvalue weighted by atomic mass is 9.85. The van der Waals surface area contributed by atoms with E-state index >= 15 is 0 Å². The number of allylic oxidation sites excluding steroid dienone is 1. The molecule has 0 saturated carbocycles. The predicted molar refractivity (Wildman–Crippen MR) is 152 cm³/mol. The van der Waals surface area contributed by atoms with Crippen molar-refractivity contribution in [3.05, 3.63) is 84.0 Å². The SMILES string of the molecule is CCOC(=O)C1=C(C)N=c2sc(=Cc3cc(OC)c(OC)c(OC)c3)c(=O)n2C1c1ccc(C(C)(C)C)cc1. The van der Waals surface area contributed by atoms with E-state index in [1.807, 2.05) is 24.3 Å². The first kappa shape index (κ1) is 28.2. The summed E-state index contributed by atoms with van der Waals surface area (Å²) in [6.07, 6.45) is 1.76. The van der Waals surface area contributed by atoms with Crippen LogP contribution in [0.25, 0.3) is 6.08 Å². The lowest BCUT2D eigenvalue weighted by molar-refractivity contribution is -0.139. The fourth-order valence-electron chi connectivity index (χ4n) is 4.61. The lowest BCUT2D eigenvalue weighted by Crippen LogP contribution is -2.40. The molecule has 206 valence electrons. The van der Waals surface area contributed by atoms with Gasteiger partial charge in [-0.2, -0.15) is 0 Å². The maximum Gasteiger partial charge on any atom is 0.338 e. The van der Waals surface area contributed by atoms with E-state index in [9.17, 15) is 9.59 Å². The Morgan fingerprint density at radius 3 is 2.18 bits per heavy atom. The average Bonchev–Trinajstić information content (AvgIpc) is 3.20. The molecule has 0 aliphatic carbocycles. The van der Waals surface area contributed by atoms with Crippen molar-refractivity contribution in [2.24, 2.45) is 4.99 Å². The molecule has 2 aromatic carbocycles. The summed E-state index contributed by atoms with van der Waals surface area (Å²) in [6, 6.07) is 10.9. The third-order valence-electron chi connectivity index (χ3n) is 6.59. The molecular formula is C30H34N2O6S. The first-order valence-electron chi connectivity index (χ1n) is 12.6. The van der Waals surface area contributed by atoms with Crippen molar-refractivity contribution in [2.45, 2.75) is 46.1 Å². The second-order valence-electron chi connectivity index (χ2n) is 10.1. The van der Waals surface area contributed by atoms with Gasteiger partial charge in [0.1, 0.15) is 0 Å². The summed E-state index contributed by atoms with van der Waals surface area (Å²) in [4.78, 5) is 32.2. The van der Waals surface area contributed by atoms with E-state index in [0.717, 1.165) is 11.1 Å². The zero-order valence-corrected chi connectivity index (χ0v) is 24.4. The Morgan fingerprint density at radius 1 is 1.05 bits per heavy atom. The summed E-state index contributed by atoms with van der Waals surface area (Å²) in [5.41, 5.74) is 3.24. The lowest BCUT2D eigenvalue weighted by Gasteiger charge is -2.26. The van der Waals surface area contributed by atoms with E-state index in [1.165, 1.54) is 18.4 Å². The van der Waals surface area contributed by atoms with E-state index in [0.29, 0.717) is 43.4 Å². The van der Waals surface area contributed by atoms with E-state index < -0.39 is 12.0 Å². The Morgan fingerprint density at radius 2 is 1.67 bits per heavy atom. The van der Waals surface area contributed by atoms with Crippen LogP contribution in [0.2, 0.25) is 0 Å². The molecule has 3 aromatic rings. The van der Waals surface area contributed by atoms with Crippen molar-refractivity contribution in [2.75, 3.05) is 27.9 Å². The summed E-state index contributed by atoms with van der Waals surface area (Å²) in [7, 11) is 4.62. The standard InChI is InChI=1S/C30H34N2O6S/c1-9-38-28(34)24-17(2)31-29-32(25(24)19-10-12-20(13-11-19)30(3,4)5)27(33)23(39-29)16-18-14-21(35-6)26(37-8)22(15-18)36-7/h10-16,25H,9H2,1-8H3. The van der Waals surface area contributed by atoms with Gasteiger partial charge >= 0.3 is 5.97 Å². The minimum atomic E-state index is -0.670. The molecule has 1 aliphatic rings. The minimum absolute atomic E-state index is 0.0385. The molecule has 4 rings (SSSR count). The van der Waals surface area contributed by atoms with Crippen LogP contribution >= 0.6 is 11.3 Å². The summed E-state index contributed by atoms with van der Waals surface area (Å²) >= 11 is 1.26. The van der Waals surface area contributed by atoms with Crippen LogP contribution in [0.4, 0.5) is 0 Å². The highest BCUT2D eigenvalue weighted by Gasteiger charge is 2.33. The van der Waals surface area contributed by atoms with Crippen molar-refractivity contribution >= 4 is 23.4 Å². The molecule has 1 aromatic heterocycles. The molecule has 0 amide bonds. The number of ether oxygens (including phenoxy) is 4. The Labute approximate surface area is 231 Å². The third kappa shape index (κ3) is 5.36. The fourth-order valence-corrected chi connectivity index (χ4v) is 5.66. The summed E-state index contributed by atoms with van der Waals surface area (Å²) in [6.45, 7) is 10.2. The van der Waals surface area contributed by atoms with Gasteiger partial charge in [-0.25, -0.2) is 9.79 Å². The molecule has 0 spiro atoms. The topological polar surface area (TPSA) is 88.4 Å². The smallest absolute Gasteiger partial charge is 0.338 e. The molecular weight excluding hydrogens is 516 g/mol. The molecule has 1 unspecified atom stereocenters. The molecule has 8 nitrogen and oxygen atoms in total. The number of hydrogen-bond donors (Lipinski definition) is 0. The molecule has 0 saturated heterocycles. The Balaban J connectivity index is 1.94. The van der Waals surface area contributed by atoms with Crippen LogP contribution in [0.5, 0.6) is 17.2 Å². The Bertz CT molecular complexity index is 1580. The zero-order valence-electron chi connectivity index (χ0n) is 23.6. The maximum atomic E-state index is 13.9. The first-order chi connectivity index (χ1) is 18.5. The van der Waals surface area contributed by atoms with Gasteiger partial charge in [-0.15, -0.1) is 0 Å². The number of carbonyl (C=O) groups excluding carboxylic acids is 1. The first-order valence-corrected chi connectivity index (χ1v) is 13.5. The third-order valence-corrected chi connectivity index (χ3v) is 7.58. The highest BCUT2D eigenvalue weighted by atomic mass is 32.1. The summed E-state index contributed by atoms with van der Waals surface area (Å²) in [5.74, 6) is 0.941. The van der Waals surface area contributed by atoms with Crippen LogP contribution in [0, 0.1) is 0 Å². The molecule has 0 fully saturated rings. The molecule has 9 heteroatoms. The fraction of sp³-hybridized carbons (Fsp3) is 0.367. The van der Waals surface area contributed by atoms with Crippen molar-refractivity contribution in [3.63, 3.8) is 0 Å². The van der Waals surface area contributed by atoms with Crippen LogP contribution in [-0.2, 0) is 14.9 Å². The second-order valence-corrected chi connectivity index (χ2v) is 11.1. The van der Waals surface area contributed by atoms with Gasteiger partial charge in [0.15, 0.2) is 16.3 Å². The zero-order chi connectivity index (χ0) is 28.5.